The Balaban J connectivity index is 1.99. The maximum atomic E-state index is 12.2. The molecule has 0 spiro atoms. The molecule has 0 bridgehead atoms. The predicted octanol–water partition coefficient (Wildman–Crippen LogP) is 2.51. The molecule has 1 amide bonds. The number of hydrogen-bond acceptors (Lipinski definition) is 4. The first-order valence-electron chi connectivity index (χ1n) is 7.27. The number of amides is 1. The molecule has 1 fully saturated rings. The molecule has 2 unspecified atom stereocenters. The highest BCUT2D eigenvalue weighted by atomic mass is 32.2. The molecule has 2 atom stereocenters. The van der Waals surface area contributed by atoms with Gasteiger partial charge < -0.3 is 5.32 Å². The molecule has 2 rings (SSSR count). The summed E-state index contributed by atoms with van der Waals surface area (Å²) in [4.78, 5) is 16.5. The highest BCUT2D eigenvalue weighted by Crippen LogP contribution is 2.30. The van der Waals surface area contributed by atoms with Gasteiger partial charge in [-0.1, -0.05) is 34.1 Å². The zero-order valence-corrected chi connectivity index (χ0v) is 13.5. The van der Waals surface area contributed by atoms with Gasteiger partial charge >= 0.3 is 0 Å². The van der Waals surface area contributed by atoms with E-state index < -0.39 is 0 Å². The molecule has 1 heterocycles. The van der Waals surface area contributed by atoms with Crippen molar-refractivity contribution in [3.8, 4) is 0 Å². The number of hydrogen-bond donors (Lipinski definition) is 2. The van der Waals surface area contributed by atoms with Gasteiger partial charge in [-0.25, -0.2) is 4.98 Å². The van der Waals surface area contributed by atoms with Crippen LogP contribution < -0.4 is 5.32 Å². The Morgan fingerprint density at radius 1 is 1.45 bits per heavy atom. The summed E-state index contributed by atoms with van der Waals surface area (Å²) >= 11 is 1.93. The maximum Gasteiger partial charge on any atom is 0.291 e. The Labute approximate surface area is 124 Å². The van der Waals surface area contributed by atoms with Crippen LogP contribution in [0.4, 0.5) is 0 Å². The van der Waals surface area contributed by atoms with Crippen molar-refractivity contribution in [2.24, 2.45) is 0 Å². The van der Waals surface area contributed by atoms with Crippen molar-refractivity contribution >= 4 is 17.7 Å². The molecule has 2 N–H and O–H groups in total. The number of carbonyl (C=O) groups is 1. The highest BCUT2D eigenvalue weighted by molar-refractivity contribution is 7.99. The van der Waals surface area contributed by atoms with Gasteiger partial charge in [0.1, 0.15) is 5.82 Å². The molecule has 0 aromatic carbocycles. The van der Waals surface area contributed by atoms with Crippen molar-refractivity contribution in [1.82, 2.24) is 20.5 Å². The van der Waals surface area contributed by atoms with Gasteiger partial charge in [0, 0.05) is 16.7 Å². The maximum absolute atomic E-state index is 12.2. The Bertz CT molecular complexity index is 466. The molecule has 0 saturated heterocycles. The highest BCUT2D eigenvalue weighted by Gasteiger charge is 2.30. The van der Waals surface area contributed by atoms with Gasteiger partial charge in [0.15, 0.2) is 0 Å². The van der Waals surface area contributed by atoms with E-state index in [1.165, 1.54) is 12.8 Å². The molecular formula is C14H24N4OS. The first-order chi connectivity index (χ1) is 9.41. The van der Waals surface area contributed by atoms with Crippen molar-refractivity contribution in [1.29, 1.82) is 0 Å². The normalized spacial score (nSPS) is 23.0. The van der Waals surface area contributed by atoms with Gasteiger partial charge in [-0.15, -0.1) is 5.10 Å². The number of nitrogens with one attached hydrogen (secondary N) is 2. The van der Waals surface area contributed by atoms with Crippen LogP contribution in [0.15, 0.2) is 0 Å². The van der Waals surface area contributed by atoms with E-state index in [2.05, 4.69) is 27.4 Å². The molecule has 112 valence electrons. The average molecular weight is 296 g/mol. The van der Waals surface area contributed by atoms with Crippen LogP contribution in [0.3, 0.4) is 0 Å². The largest absolute Gasteiger partial charge is 0.345 e. The van der Waals surface area contributed by atoms with E-state index in [-0.39, 0.29) is 23.2 Å². The van der Waals surface area contributed by atoms with Gasteiger partial charge in [0.2, 0.25) is 5.82 Å². The summed E-state index contributed by atoms with van der Waals surface area (Å²) in [5, 5.41) is 10.5. The fourth-order valence-electron chi connectivity index (χ4n) is 2.44. The Kier molecular flexibility index (Phi) is 4.73. The average Bonchev–Trinajstić information content (AvgIpc) is 2.98. The minimum absolute atomic E-state index is 0.126. The van der Waals surface area contributed by atoms with Crippen LogP contribution in [0.1, 0.15) is 63.4 Å². The van der Waals surface area contributed by atoms with Gasteiger partial charge in [0.05, 0.1) is 0 Å². The molecule has 20 heavy (non-hydrogen) atoms. The zero-order chi connectivity index (χ0) is 14.8. The molecule has 0 aliphatic heterocycles. The number of thioether (sulfide) groups is 1. The smallest absolute Gasteiger partial charge is 0.291 e. The Hall–Kier alpha value is -1.04. The molecule has 5 nitrogen and oxygen atoms in total. The quantitative estimate of drug-likeness (QED) is 0.895. The van der Waals surface area contributed by atoms with Crippen molar-refractivity contribution in [3.63, 3.8) is 0 Å². The number of aromatic nitrogens is 3. The van der Waals surface area contributed by atoms with E-state index in [1.54, 1.807) is 0 Å². The molecule has 1 saturated carbocycles. The van der Waals surface area contributed by atoms with E-state index >= 15 is 0 Å². The zero-order valence-electron chi connectivity index (χ0n) is 12.7. The van der Waals surface area contributed by atoms with Crippen LogP contribution >= 0.6 is 11.8 Å². The summed E-state index contributed by atoms with van der Waals surface area (Å²) in [5.41, 5.74) is -0.126. The van der Waals surface area contributed by atoms with Crippen LogP contribution in [0.2, 0.25) is 0 Å². The fourth-order valence-corrected chi connectivity index (χ4v) is 3.63. The summed E-state index contributed by atoms with van der Waals surface area (Å²) < 4.78 is 0. The number of carbonyl (C=O) groups excluding carboxylic acids is 1. The summed E-state index contributed by atoms with van der Waals surface area (Å²) in [6.45, 7) is 8.28. The third kappa shape index (κ3) is 3.53. The second-order valence-corrected chi connectivity index (χ2v) is 7.78. The lowest BCUT2D eigenvalue weighted by molar-refractivity contribution is 0.0928. The summed E-state index contributed by atoms with van der Waals surface area (Å²) in [7, 11) is 0. The molecule has 0 radical (unpaired) electrons. The van der Waals surface area contributed by atoms with E-state index in [9.17, 15) is 4.79 Å². The van der Waals surface area contributed by atoms with Gasteiger partial charge in [-0.3, -0.25) is 9.89 Å². The van der Waals surface area contributed by atoms with E-state index in [0.29, 0.717) is 5.25 Å². The SMILES string of the molecule is CCSC1CCCC1NC(=O)c1n[nH]c(C(C)(C)C)n1. The lowest BCUT2D eigenvalue weighted by atomic mass is 9.96. The fraction of sp³-hybridized carbons (Fsp3) is 0.786. The van der Waals surface area contributed by atoms with E-state index in [0.717, 1.165) is 18.0 Å². The van der Waals surface area contributed by atoms with E-state index in [1.807, 2.05) is 32.5 Å². The van der Waals surface area contributed by atoms with Gasteiger partial charge in [-0.05, 0) is 18.6 Å². The minimum Gasteiger partial charge on any atom is -0.345 e. The lowest BCUT2D eigenvalue weighted by Gasteiger charge is -2.19. The minimum atomic E-state index is -0.162. The van der Waals surface area contributed by atoms with Crippen molar-refractivity contribution < 1.29 is 4.79 Å². The first kappa shape index (κ1) is 15.4. The standard InChI is InChI=1S/C14H24N4OS/c1-5-20-10-8-6-7-9(10)15-12(19)11-16-13(18-17-11)14(2,3)4/h9-10H,5-8H2,1-4H3,(H,15,19)(H,16,17,18). The predicted molar refractivity (Wildman–Crippen MR) is 82.1 cm³/mol. The van der Waals surface area contributed by atoms with Crippen molar-refractivity contribution in [2.45, 2.75) is 63.7 Å². The molecule has 6 heteroatoms. The van der Waals surface area contributed by atoms with Gasteiger partial charge in [0.25, 0.3) is 5.91 Å². The third-order valence-electron chi connectivity index (χ3n) is 3.55. The topological polar surface area (TPSA) is 70.7 Å². The third-order valence-corrected chi connectivity index (χ3v) is 4.87. The second-order valence-electron chi connectivity index (χ2n) is 6.26. The van der Waals surface area contributed by atoms with Crippen molar-refractivity contribution in [2.75, 3.05) is 5.75 Å². The van der Waals surface area contributed by atoms with E-state index in [4.69, 9.17) is 0 Å². The first-order valence-corrected chi connectivity index (χ1v) is 8.32. The molecule has 1 aromatic rings. The number of H-pyrrole nitrogens is 1. The summed E-state index contributed by atoms with van der Waals surface area (Å²) in [6, 6.07) is 0.254. The molecule has 1 aliphatic rings. The second kappa shape index (κ2) is 6.16. The van der Waals surface area contributed by atoms with Crippen LogP contribution in [-0.2, 0) is 5.41 Å². The van der Waals surface area contributed by atoms with Crippen LogP contribution in [-0.4, -0.2) is 38.1 Å². The van der Waals surface area contributed by atoms with Crippen LogP contribution in [0.25, 0.3) is 0 Å². The molecule has 1 aliphatic carbocycles. The lowest BCUT2D eigenvalue weighted by Crippen LogP contribution is -2.39. The Morgan fingerprint density at radius 3 is 2.80 bits per heavy atom. The molecular weight excluding hydrogens is 272 g/mol. The number of aromatic amines is 1. The summed E-state index contributed by atoms with van der Waals surface area (Å²) in [5.74, 6) is 1.92. The van der Waals surface area contributed by atoms with Gasteiger partial charge in [-0.2, -0.15) is 11.8 Å². The van der Waals surface area contributed by atoms with Crippen molar-refractivity contribution in [3.05, 3.63) is 11.6 Å². The number of rotatable bonds is 4. The molecule has 1 aromatic heterocycles. The Morgan fingerprint density at radius 2 is 2.20 bits per heavy atom. The van der Waals surface area contributed by atoms with Crippen LogP contribution in [0, 0.1) is 0 Å². The number of nitrogens with zero attached hydrogens (tertiary/aromatic N) is 2. The van der Waals surface area contributed by atoms with Crippen LogP contribution in [0.5, 0.6) is 0 Å². The monoisotopic (exact) mass is 296 g/mol. The summed E-state index contributed by atoms with van der Waals surface area (Å²) in [6.07, 6.45) is 3.43.